The van der Waals surface area contributed by atoms with Crippen molar-refractivity contribution in [2.45, 2.75) is 6.92 Å². The molecule has 2 fully saturated rings. The fourth-order valence-corrected chi connectivity index (χ4v) is 3.19. The van der Waals surface area contributed by atoms with Gasteiger partial charge in [0.2, 0.25) is 5.91 Å². The van der Waals surface area contributed by atoms with Crippen molar-refractivity contribution in [3.8, 4) is 0 Å². The van der Waals surface area contributed by atoms with E-state index in [1.165, 1.54) is 0 Å². The van der Waals surface area contributed by atoms with Gasteiger partial charge in [0.05, 0.1) is 17.4 Å². The molecular formula is C17H25N5O2. The van der Waals surface area contributed by atoms with Crippen LogP contribution in [0.3, 0.4) is 0 Å². The lowest BCUT2D eigenvalue weighted by Crippen LogP contribution is -2.50. The van der Waals surface area contributed by atoms with Crippen molar-refractivity contribution in [3.63, 3.8) is 0 Å². The van der Waals surface area contributed by atoms with Gasteiger partial charge >= 0.3 is 0 Å². The zero-order chi connectivity index (χ0) is 17.1. The van der Waals surface area contributed by atoms with E-state index >= 15 is 0 Å². The molecule has 2 aliphatic heterocycles. The Hall–Kier alpha value is -2.15. The average molecular weight is 331 g/mol. The molecule has 130 valence electrons. The van der Waals surface area contributed by atoms with Gasteiger partial charge in [-0.2, -0.15) is 0 Å². The highest BCUT2D eigenvalue weighted by Crippen LogP contribution is 2.18. The molecule has 0 aromatic carbocycles. The Balaban J connectivity index is 1.65. The van der Waals surface area contributed by atoms with Crippen LogP contribution in [-0.2, 0) is 4.79 Å². The Morgan fingerprint density at radius 1 is 0.917 bits per heavy atom. The van der Waals surface area contributed by atoms with Gasteiger partial charge in [-0.15, -0.1) is 0 Å². The van der Waals surface area contributed by atoms with E-state index in [4.69, 9.17) is 0 Å². The second-order valence-electron chi connectivity index (χ2n) is 6.52. The molecule has 2 saturated heterocycles. The van der Waals surface area contributed by atoms with Gasteiger partial charge in [-0.3, -0.25) is 14.6 Å². The second kappa shape index (κ2) is 7.17. The molecule has 3 rings (SSSR count). The standard InChI is InChI=1S/C17H25N5O2/c1-14(23)20-7-9-22(10-8-20)17(24)15-11-16(13-18-12-15)21-5-3-19(2)4-6-21/h11-13H,3-10H2,1-2H3. The largest absolute Gasteiger partial charge is 0.368 e. The molecule has 1 aromatic heterocycles. The number of nitrogens with zero attached hydrogens (tertiary/aromatic N) is 5. The normalized spacial score (nSPS) is 19.5. The van der Waals surface area contributed by atoms with Crippen LogP contribution < -0.4 is 4.90 Å². The maximum atomic E-state index is 12.7. The fourth-order valence-electron chi connectivity index (χ4n) is 3.19. The van der Waals surface area contributed by atoms with Crippen molar-refractivity contribution >= 4 is 17.5 Å². The third-order valence-corrected chi connectivity index (χ3v) is 4.85. The summed E-state index contributed by atoms with van der Waals surface area (Å²) < 4.78 is 0. The molecule has 7 heteroatoms. The fraction of sp³-hybridized carbons (Fsp3) is 0.588. The predicted molar refractivity (Wildman–Crippen MR) is 92.1 cm³/mol. The lowest BCUT2D eigenvalue weighted by atomic mass is 10.2. The molecular weight excluding hydrogens is 306 g/mol. The molecule has 0 unspecified atom stereocenters. The lowest BCUT2D eigenvalue weighted by Gasteiger charge is -2.35. The van der Waals surface area contributed by atoms with Gasteiger partial charge in [-0.25, -0.2) is 0 Å². The summed E-state index contributed by atoms with van der Waals surface area (Å²) in [6, 6.07) is 1.94. The first-order valence-corrected chi connectivity index (χ1v) is 8.48. The van der Waals surface area contributed by atoms with Crippen molar-refractivity contribution < 1.29 is 9.59 Å². The van der Waals surface area contributed by atoms with E-state index in [0.29, 0.717) is 31.7 Å². The number of hydrogen-bond acceptors (Lipinski definition) is 5. The molecule has 0 N–H and O–H groups in total. The minimum atomic E-state index is 0.00156. The number of rotatable bonds is 2. The number of hydrogen-bond donors (Lipinski definition) is 0. The van der Waals surface area contributed by atoms with E-state index < -0.39 is 0 Å². The van der Waals surface area contributed by atoms with Gasteiger partial charge in [0.1, 0.15) is 0 Å². The van der Waals surface area contributed by atoms with E-state index in [-0.39, 0.29) is 11.8 Å². The van der Waals surface area contributed by atoms with E-state index in [0.717, 1.165) is 31.9 Å². The number of carbonyl (C=O) groups excluding carboxylic acids is 2. The molecule has 0 saturated carbocycles. The summed E-state index contributed by atoms with van der Waals surface area (Å²) >= 11 is 0. The van der Waals surface area contributed by atoms with Crippen LogP contribution in [0.1, 0.15) is 17.3 Å². The highest BCUT2D eigenvalue weighted by Gasteiger charge is 2.24. The van der Waals surface area contributed by atoms with E-state index in [1.807, 2.05) is 17.2 Å². The summed E-state index contributed by atoms with van der Waals surface area (Å²) in [6.07, 6.45) is 3.47. The number of amides is 2. The van der Waals surface area contributed by atoms with Crippen LogP contribution in [0.25, 0.3) is 0 Å². The molecule has 2 aliphatic rings. The van der Waals surface area contributed by atoms with E-state index in [9.17, 15) is 9.59 Å². The third-order valence-electron chi connectivity index (χ3n) is 4.85. The smallest absolute Gasteiger partial charge is 0.255 e. The van der Waals surface area contributed by atoms with Gasteiger partial charge in [0.25, 0.3) is 5.91 Å². The van der Waals surface area contributed by atoms with Crippen LogP contribution in [0.4, 0.5) is 5.69 Å². The van der Waals surface area contributed by atoms with E-state index in [1.54, 1.807) is 18.0 Å². The van der Waals surface area contributed by atoms with Crippen LogP contribution in [0.15, 0.2) is 18.5 Å². The van der Waals surface area contributed by atoms with Crippen molar-refractivity contribution in [2.75, 3.05) is 64.3 Å². The molecule has 1 aromatic rings. The molecule has 0 radical (unpaired) electrons. The molecule has 0 spiro atoms. The van der Waals surface area contributed by atoms with Crippen molar-refractivity contribution in [2.24, 2.45) is 0 Å². The van der Waals surface area contributed by atoms with Gasteiger partial charge in [0.15, 0.2) is 0 Å². The molecule has 2 amide bonds. The van der Waals surface area contributed by atoms with Crippen LogP contribution in [-0.4, -0.2) is 90.9 Å². The molecule has 7 nitrogen and oxygen atoms in total. The Kier molecular flexibility index (Phi) is 4.99. The Bertz CT molecular complexity index is 605. The Morgan fingerprint density at radius 2 is 1.54 bits per heavy atom. The topological polar surface area (TPSA) is 60.0 Å². The van der Waals surface area contributed by atoms with Gasteiger partial charge in [0, 0.05) is 65.5 Å². The number of anilines is 1. The average Bonchev–Trinajstić information content (AvgIpc) is 2.62. The summed E-state index contributed by atoms with van der Waals surface area (Å²) in [5.74, 6) is 0.0718. The highest BCUT2D eigenvalue weighted by molar-refractivity contribution is 5.95. The molecule has 0 aliphatic carbocycles. The monoisotopic (exact) mass is 331 g/mol. The lowest BCUT2D eigenvalue weighted by molar-refractivity contribution is -0.130. The zero-order valence-electron chi connectivity index (χ0n) is 14.4. The second-order valence-corrected chi connectivity index (χ2v) is 6.52. The summed E-state index contributed by atoms with van der Waals surface area (Å²) in [4.78, 5) is 36.5. The molecule has 3 heterocycles. The van der Waals surface area contributed by atoms with Crippen molar-refractivity contribution in [1.29, 1.82) is 0 Å². The van der Waals surface area contributed by atoms with Gasteiger partial charge in [-0.1, -0.05) is 0 Å². The number of aromatic nitrogens is 1. The summed E-state index contributed by atoms with van der Waals surface area (Å²) in [7, 11) is 2.12. The van der Waals surface area contributed by atoms with Crippen LogP contribution in [0.5, 0.6) is 0 Å². The maximum Gasteiger partial charge on any atom is 0.255 e. The maximum absolute atomic E-state index is 12.7. The van der Waals surface area contributed by atoms with Crippen LogP contribution in [0, 0.1) is 0 Å². The number of pyridine rings is 1. The first kappa shape index (κ1) is 16.7. The SMILES string of the molecule is CC(=O)N1CCN(C(=O)c2cncc(N3CCN(C)CC3)c2)CC1. The number of piperazine rings is 2. The first-order valence-electron chi connectivity index (χ1n) is 8.48. The number of likely N-dealkylation sites (N-methyl/N-ethyl adjacent to an activating group) is 1. The van der Waals surface area contributed by atoms with E-state index in [2.05, 4.69) is 21.8 Å². The molecule has 0 bridgehead atoms. The quantitative estimate of drug-likeness (QED) is 0.771. The summed E-state index contributed by atoms with van der Waals surface area (Å²) in [6.45, 7) is 7.88. The summed E-state index contributed by atoms with van der Waals surface area (Å²) in [5.41, 5.74) is 1.64. The minimum absolute atomic E-state index is 0.00156. The molecule has 24 heavy (non-hydrogen) atoms. The zero-order valence-corrected chi connectivity index (χ0v) is 14.4. The highest BCUT2D eigenvalue weighted by atomic mass is 16.2. The Labute approximate surface area is 142 Å². The Morgan fingerprint density at radius 3 is 2.17 bits per heavy atom. The van der Waals surface area contributed by atoms with Crippen LogP contribution >= 0.6 is 0 Å². The predicted octanol–water partition coefficient (Wildman–Crippen LogP) is 0.138. The van der Waals surface area contributed by atoms with Crippen molar-refractivity contribution in [3.05, 3.63) is 24.0 Å². The number of carbonyl (C=O) groups is 2. The van der Waals surface area contributed by atoms with Crippen LogP contribution in [0.2, 0.25) is 0 Å². The van der Waals surface area contributed by atoms with Crippen molar-refractivity contribution in [1.82, 2.24) is 19.7 Å². The first-order chi connectivity index (χ1) is 11.5. The summed E-state index contributed by atoms with van der Waals surface area (Å²) in [5, 5.41) is 0. The third kappa shape index (κ3) is 3.67. The van der Waals surface area contributed by atoms with Gasteiger partial charge in [-0.05, 0) is 13.1 Å². The molecule has 0 atom stereocenters. The minimum Gasteiger partial charge on any atom is -0.368 e. The van der Waals surface area contributed by atoms with Gasteiger partial charge < -0.3 is 19.6 Å².